The van der Waals surface area contributed by atoms with Crippen LogP contribution in [0.5, 0.6) is 0 Å². The van der Waals surface area contributed by atoms with Crippen LogP contribution in [0.3, 0.4) is 0 Å². The summed E-state index contributed by atoms with van der Waals surface area (Å²) in [6, 6.07) is 12.5. The maximum Gasteiger partial charge on any atom is 0.335 e. The van der Waals surface area contributed by atoms with Gasteiger partial charge in [-0.2, -0.15) is 0 Å². The standard InChI is InChI=1S/C14H13BrN2O2/c1-17(11-4-2-3-10(15)8-11)13-6-5-9(14(18)19)7-12(13)16/h2-8H,16H2,1H3,(H,18,19). The number of carboxylic acids is 1. The Morgan fingerprint density at radius 1 is 1.26 bits per heavy atom. The molecule has 2 aromatic rings. The number of halogens is 1. The normalized spacial score (nSPS) is 10.2. The average Bonchev–Trinajstić information content (AvgIpc) is 2.37. The molecule has 3 N–H and O–H groups in total. The topological polar surface area (TPSA) is 66.6 Å². The van der Waals surface area contributed by atoms with E-state index in [-0.39, 0.29) is 5.56 Å². The summed E-state index contributed by atoms with van der Waals surface area (Å²) >= 11 is 3.42. The zero-order valence-electron chi connectivity index (χ0n) is 10.3. The molecule has 98 valence electrons. The maximum absolute atomic E-state index is 10.9. The van der Waals surface area contributed by atoms with Crippen molar-refractivity contribution in [2.75, 3.05) is 17.7 Å². The zero-order valence-corrected chi connectivity index (χ0v) is 11.9. The zero-order chi connectivity index (χ0) is 14.0. The van der Waals surface area contributed by atoms with Crippen LogP contribution < -0.4 is 10.6 Å². The molecule has 0 aliphatic carbocycles. The molecule has 5 heteroatoms. The van der Waals surface area contributed by atoms with Crippen LogP contribution in [0.25, 0.3) is 0 Å². The minimum absolute atomic E-state index is 0.184. The first-order valence-electron chi connectivity index (χ1n) is 5.61. The van der Waals surface area contributed by atoms with Gasteiger partial charge in [-0.25, -0.2) is 4.79 Å². The molecule has 0 fully saturated rings. The summed E-state index contributed by atoms with van der Waals surface area (Å²) in [5.41, 5.74) is 8.26. The molecule has 0 amide bonds. The van der Waals surface area contributed by atoms with E-state index in [9.17, 15) is 4.79 Å². The highest BCUT2D eigenvalue weighted by molar-refractivity contribution is 9.10. The molecule has 2 rings (SSSR count). The molecular weight excluding hydrogens is 308 g/mol. The molecule has 0 atom stereocenters. The largest absolute Gasteiger partial charge is 0.478 e. The molecule has 4 nitrogen and oxygen atoms in total. The lowest BCUT2D eigenvalue weighted by Gasteiger charge is -2.21. The monoisotopic (exact) mass is 320 g/mol. The Bertz CT molecular complexity index is 629. The SMILES string of the molecule is CN(c1cccc(Br)c1)c1ccc(C(=O)O)cc1N. The van der Waals surface area contributed by atoms with Crippen LogP contribution >= 0.6 is 15.9 Å². The second-order valence-corrected chi connectivity index (χ2v) is 5.03. The van der Waals surface area contributed by atoms with Crippen LogP contribution in [0, 0.1) is 0 Å². The molecule has 0 aromatic heterocycles. The Hall–Kier alpha value is -2.01. The van der Waals surface area contributed by atoms with Gasteiger partial charge in [0.1, 0.15) is 0 Å². The molecule has 2 aromatic carbocycles. The first kappa shape index (κ1) is 13.4. The van der Waals surface area contributed by atoms with Crippen LogP contribution in [0.2, 0.25) is 0 Å². The lowest BCUT2D eigenvalue weighted by atomic mass is 10.1. The van der Waals surface area contributed by atoms with E-state index >= 15 is 0 Å². The van der Waals surface area contributed by atoms with Gasteiger partial charge in [-0.1, -0.05) is 22.0 Å². The molecule has 0 aliphatic rings. The summed E-state index contributed by atoms with van der Waals surface area (Å²) in [6.07, 6.45) is 0. The van der Waals surface area contributed by atoms with Crippen molar-refractivity contribution in [1.29, 1.82) is 0 Å². The molecule has 0 unspecified atom stereocenters. The van der Waals surface area contributed by atoms with Crippen LogP contribution in [-0.2, 0) is 0 Å². The second kappa shape index (κ2) is 5.32. The number of hydrogen-bond donors (Lipinski definition) is 2. The average molecular weight is 321 g/mol. The summed E-state index contributed by atoms with van der Waals surface area (Å²) in [5.74, 6) is -0.983. The first-order valence-corrected chi connectivity index (χ1v) is 6.40. The fourth-order valence-electron chi connectivity index (χ4n) is 1.82. The van der Waals surface area contributed by atoms with Crippen molar-refractivity contribution in [3.63, 3.8) is 0 Å². The smallest absolute Gasteiger partial charge is 0.335 e. The summed E-state index contributed by atoms with van der Waals surface area (Å²) in [4.78, 5) is 12.8. The number of carbonyl (C=O) groups is 1. The first-order chi connectivity index (χ1) is 8.99. The Morgan fingerprint density at radius 3 is 2.58 bits per heavy atom. The number of nitrogen functional groups attached to an aromatic ring is 1. The van der Waals surface area contributed by atoms with Crippen molar-refractivity contribution in [3.05, 3.63) is 52.5 Å². The van der Waals surface area contributed by atoms with Gasteiger partial charge in [0.2, 0.25) is 0 Å². The third-order valence-electron chi connectivity index (χ3n) is 2.83. The fourth-order valence-corrected chi connectivity index (χ4v) is 2.20. The number of hydrogen-bond acceptors (Lipinski definition) is 3. The summed E-state index contributed by atoms with van der Waals surface area (Å²) < 4.78 is 0.970. The van der Waals surface area contributed by atoms with E-state index in [2.05, 4.69) is 15.9 Å². The van der Waals surface area contributed by atoms with Gasteiger partial charge in [0.05, 0.1) is 16.9 Å². The predicted molar refractivity (Wildman–Crippen MR) is 80.0 cm³/mol. The van der Waals surface area contributed by atoms with Gasteiger partial charge in [0.15, 0.2) is 0 Å². The van der Waals surface area contributed by atoms with Gasteiger partial charge in [0, 0.05) is 17.2 Å². The van der Waals surface area contributed by atoms with Crippen molar-refractivity contribution in [1.82, 2.24) is 0 Å². The number of carboxylic acid groups (broad SMARTS) is 1. The number of rotatable bonds is 3. The Labute approximate surface area is 119 Å². The molecule has 0 saturated carbocycles. The molecule has 0 heterocycles. The van der Waals surface area contributed by atoms with Crippen LogP contribution in [-0.4, -0.2) is 18.1 Å². The summed E-state index contributed by atoms with van der Waals surface area (Å²) in [5, 5.41) is 8.92. The summed E-state index contributed by atoms with van der Waals surface area (Å²) in [7, 11) is 1.88. The Kier molecular flexibility index (Phi) is 3.76. The molecule has 19 heavy (non-hydrogen) atoms. The van der Waals surface area contributed by atoms with E-state index < -0.39 is 5.97 Å². The van der Waals surface area contributed by atoms with Crippen LogP contribution in [0.1, 0.15) is 10.4 Å². The van der Waals surface area contributed by atoms with Crippen molar-refractivity contribution in [2.45, 2.75) is 0 Å². The fraction of sp³-hybridized carbons (Fsp3) is 0.0714. The van der Waals surface area contributed by atoms with E-state index in [1.807, 2.05) is 36.2 Å². The minimum atomic E-state index is -0.983. The van der Waals surface area contributed by atoms with Gasteiger partial charge in [-0.05, 0) is 36.4 Å². The van der Waals surface area contributed by atoms with E-state index in [0.29, 0.717) is 5.69 Å². The molecular formula is C14H13BrN2O2. The van der Waals surface area contributed by atoms with Gasteiger partial charge in [-0.3, -0.25) is 0 Å². The number of aromatic carboxylic acids is 1. The molecule has 0 bridgehead atoms. The third kappa shape index (κ3) is 2.88. The van der Waals surface area contributed by atoms with E-state index in [1.165, 1.54) is 6.07 Å². The summed E-state index contributed by atoms with van der Waals surface area (Å²) in [6.45, 7) is 0. The van der Waals surface area contributed by atoms with E-state index in [0.717, 1.165) is 15.8 Å². The van der Waals surface area contributed by atoms with Crippen molar-refractivity contribution in [3.8, 4) is 0 Å². The van der Waals surface area contributed by atoms with Gasteiger partial charge in [-0.15, -0.1) is 0 Å². The highest BCUT2D eigenvalue weighted by Gasteiger charge is 2.11. The van der Waals surface area contributed by atoms with Gasteiger partial charge < -0.3 is 15.7 Å². The number of benzene rings is 2. The van der Waals surface area contributed by atoms with E-state index in [4.69, 9.17) is 10.8 Å². The predicted octanol–water partition coefficient (Wildman–Crippen LogP) is 3.50. The number of nitrogens with two attached hydrogens (primary N) is 1. The lowest BCUT2D eigenvalue weighted by Crippen LogP contribution is -2.12. The maximum atomic E-state index is 10.9. The third-order valence-corrected chi connectivity index (χ3v) is 3.32. The lowest BCUT2D eigenvalue weighted by molar-refractivity contribution is 0.0697. The van der Waals surface area contributed by atoms with E-state index in [1.54, 1.807) is 12.1 Å². The molecule has 0 spiro atoms. The van der Waals surface area contributed by atoms with Crippen molar-refractivity contribution < 1.29 is 9.90 Å². The second-order valence-electron chi connectivity index (χ2n) is 4.12. The van der Waals surface area contributed by atoms with Crippen LogP contribution in [0.4, 0.5) is 17.1 Å². The van der Waals surface area contributed by atoms with Crippen molar-refractivity contribution >= 4 is 39.0 Å². The van der Waals surface area contributed by atoms with Crippen LogP contribution in [0.15, 0.2) is 46.9 Å². The number of nitrogens with zero attached hydrogens (tertiary/aromatic N) is 1. The molecule has 0 radical (unpaired) electrons. The quantitative estimate of drug-likeness (QED) is 0.849. The highest BCUT2D eigenvalue weighted by atomic mass is 79.9. The molecule has 0 aliphatic heterocycles. The van der Waals surface area contributed by atoms with Gasteiger partial charge >= 0.3 is 5.97 Å². The van der Waals surface area contributed by atoms with Crippen molar-refractivity contribution in [2.24, 2.45) is 0 Å². The van der Waals surface area contributed by atoms with Gasteiger partial charge in [0.25, 0.3) is 0 Å². The Balaban J connectivity index is 2.39. The minimum Gasteiger partial charge on any atom is -0.478 e. The number of anilines is 3. The highest BCUT2D eigenvalue weighted by Crippen LogP contribution is 2.30. The Morgan fingerprint density at radius 2 is 2.00 bits per heavy atom. The molecule has 0 saturated heterocycles.